The standard InChI is InChI=1S/C40HB25/c41-2-1-3(42)18(43)12-4(2)7(20(45)34(59)31(12)56)15-28(53)26(51)14(27(52)29(15)54)6-10-8(21(46)35(60)37(62)23(10)48)5(9-11(6)24(49)38(63)36(61)22(9)47)13-19(44)16-17(30(55)25(13)50)33(58)40(65)39(64)32(16)57/h1H. The summed E-state index contributed by atoms with van der Waals surface area (Å²) in [6.07, 6.45) is 0. The molecule has 0 spiro atoms. The second-order valence-corrected chi connectivity index (χ2v) is 15.8. The second kappa shape index (κ2) is 16.3. The maximum atomic E-state index is 7.11. The Morgan fingerprint density at radius 3 is 0.708 bits per heavy atom. The van der Waals surface area contributed by atoms with Crippen LogP contribution in [0.2, 0.25) is 0 Å². The minimum Gasteiger partial charge on any atom is -0.110 e. The molecule has 0 aromatic heterocycles. The zero-order valence-electron chi connectivity index (χ0n) is 34.5. The van der Waals surface area contributed by atoms with Crippen LogP contribution in [0.15, 0.2) is 6.07 Å². The van der Waals surface area contributed by atoms with Gasteiger partial charge in [0.1, 0.15) is 196 Å². The minimum atomic E-state index is -0.223. The lowest BCUT2D eigenvalue weighted by Gasteiger charge is -2.33. The number of fused-ring (bicyclic) bond motifs is 4. The Kier molecular flexibility index (Phi) is 12.0. The van der Waals surface area contributed by atoms with Gasteiger partial charge in [0.25, 0.3) is 0 Å². The molecule has 0 fully saturated rings. The Labute approximate surface area is 412 Å². The summed E-state index contributed by atoms with van der Waals surface area (Å²) in [5.41, 5.74) is -2.77. The van der Waals surface area contributed by atoms with Gasteiger partial charge in [-0.2, -0.15) is 0 Å². The van der Waals surface area contributed by atoms with Crippen LogP contribution in [0.4, 0.5) is 0 Å². The molecule has 0 aliphatic rings. The molecule has 0 amide bonds. The molecule has 0 aliphatic carbocycles. The van der Waals surface area contributed by atoms with Gasteiger partial charge >= 0.3 is 0 Å². The van der Waals surface area contributed by atoms with E-state index in [-0.39, 0.29) is 213 Å². The van der Waals surface area contributed by atoms with Crippen molar-refractivity contribution >= 4 is 376 Å². The van der Waals surface area contributed by atoms with Gasteiger partial charge in [0, 0.05) is 0 Å². The van der Waals surface area contributed by atoms with Crippen LogP contribution in [0, 0.1) is 0 Å². The summed E-state index contributed by atoms with van der Waals surface area (Å²) < 4.78 is 0. The molecule has 236 valence electrons. The summed E-state index contributed by atoms with van der Waals surface area (Å²) in [4.78, 5) is 0. The van der Waals surface area contributed by atoms with Crippen LogP contribution < -0.4 is 137 Å². The lowest BCUT2D eigenvalue weighted by Crippen LogP contribution is -2.53. The zero-order chi connectivity index (χ0) is 48.2. The number of rotatable bonds is 3. The molecule has 8 aromatic rings. The molecule has 0 atom stereocenters. The Morgan fingerprint density at radius 2 is 0.354 bits per heavy atom. The predicted molar refractivity (Wildman–Crippen MR) is 307 cm³/mol. The van der Waals surface area contributed by atoms with Gasteiger partial charge in [0.15, 0.2) is 0 Å². The third-order valence-corrected chi connectivity index (χ3v) is 12.6. The van der Waals surface area contributed by atoms with Crippen molar-refractivity contribution in [3.63, 3.8) is 0 Å². The monoisotopic (exact) mass is 756 g/mol. The highest BCUT2D eigenvalue weighted by molar-refractivity contribution is 6.77. The Morgan fingerprint density at radius 1 is 0.138 bits per heavy atom. The first-order valence-electron chi connectivity index (χ1n) is 19.0. The van der Waals surface area contributed by atoms with Crippen LogP contribution >= 0.6 is 0 Å². The van der Waals surface area contributed by atoms with Gasteiger partial charge < -0.3 is 0 Å². The fourth-order valence-corrected chi connectivity index (χ4v) is 9.11. The molecule has 65 heavy (non-hydrogen) atoms. The first-order valence-corrected chi connectivity index (χ1v) is 19.0. The van der Waals surface area contributed by atoms with Crippen molar-refractivity contribution in [1.29, 1.82) is 0 Å². The largest absolute Gasteiger partial charge is 0.115 e. The molecule has 0 saturated heterocycles. The van der Waals surface area contributed by atoms with Gasteiger partial charge in [0.05, 0.1) is 0 Å². The second-order valence-electron chi connectivity index (χ2n) is 15.8. The van der Waals surface area contributed by atoms with Gasteiger partial charge in [-0.25, -0.2) is 0 Å². The van der Waals surface area contributed by atoms with Crippen molar-refractivity contribution in [3.8, 4) is 33.4 Å². The molecule has 0 nitrogen and oxygen atoms in total. The number of benzene rings is 8. The molecule has 0 heterocycles. The Balaban J connectivity index is 1.68. The lowest BCUT2D eigenvalue weighted by atomic mass is 9.55. The predicted octanol–water partition coefficient (Wildman–Crippen LogP) is -18.9. The van der Waals surface area contributed by atoms with E-state index in [2.05, 4.69) is 0 Å². The van der Waals surface area contributed by atoms with E-state index in [1.807, 2.05) is 0 Å². The zero-order valence-corrected chi connectivity index (χ0v) is 34.5. The fraction of sp³-hybridized carbons (Fsp3) is 0. The van der Waals surface area contributed by atoms with Gasteiger partial charge in [-0.1, -0.05) is 98.9 Å². The molecule has 8 aromatic carbocycles. The quantitative estimate of drug-likeness (QED) is 0.125. The van der Waals surface area contributed by atoms with Crippen LogP contribution in [0.3, 0.4) is 0 Å². The molecule has 0 bridgehead atoms. The van der Waals surface area contributed by atoms with E-state index < -0.39 is 0 Å². The van der Waals surface area contributed by atoms with Crippen molar-refractivity contribution in [2.24, 2.45) is 0 Å². The van der Waals surface area contributed by atoms with Crippen LogP contribution in [-0.4, -0.2) is 196 Å². The van der Waals surface area contributed by atoms with Crippen molar-refractivity contribution in [3.05, 3.63) is 6.07 Å². The molecular formula is C40HB25. The molecule has 8 rings (SSSR count). The van der Waals surface area contributed by atoms with Crippen molar-refractivity contribution in [2.75, 3.05) is 0 Å². The number of hydrogen-bond acceptors (Lipinski definition) is 0. The molecule has 0 saturated carbocycles. The molecule has 0 unspecified atom stereocenters. The molecule has 0 N–H and O–H groups in total. The van der Waals surface area contributed by atoms with E-state index in [4.69, 9.17) is 196 Å². The van der Waals surface area contributed by atoms with E-state index >= 15 is 0 Å². The van der Waals surface area contributed by atoms with Crippen molar-refractivity contribution < 1.29 is 0 Å². The summed E-state index contributed by atoms with van der Waals surface area (Å²) in [5.74, 6) is 0. The molecular weight excluding hydrogens is 751 g/mol. The average molecular weight is 752 g/mol. The van der Waals surface area contributed by atoms with Gasteiger partial charge in [-0.3, -0.25) is 0 Å². The van der Waals surface area contributed by atoms with Gasteiger partial charge in [0.2, 0.25) is 0 Å². The summed E-state index contributed by atoms with van der Waals surface area (Å²) in [7, 11) is 168. The highest BCUT2D eigenvalue weighted by Crippen LogP contribution is 2.39. The topological polar surface area (TPSA) is 0 Å². The first-order chi connectivity index (χ1) is 30.3. The minimum absolute atomic E-state index is 0.00311. The number of hydrogen-bond donors (Lipinski definition) is 0. The van der Waals surface area contributed by atoms with E-state index in [9.17, 15) is 0 Å². The van der Waals surface area contributed by atoms with Crippen LogP contribution in [0.1, 0.15) is 0 Å². The maximum Gasteiger partial charge on any atom is 0.115 e. The Bertz CT molecular complexity index is 3490. The Hall–Kier alpha value is -3.58. The average Bonchev–Trinajstić information content (AvgIpc) is 3.26. The third kappa shape index (κ3) is 6.34. The summed E-state index contributed by atoms with van der Waals surface area (Å²) in [6, 6.07) is 1.41. The maximum absolute atomic E-state index is 7.11. The van der Waals surface area contributed by atoms with E-state index in [1.165, 1.54) is 6.07 Å². The SMILES string of the molecule is [B]c1cc([B])c2c(-c3c([B])c([B])c(-c4c5c([B])c([B])c([B])c([B])c5c(-c5c([B])c([B])c6c([B])c([B])c([B])c([B])c6c5[B])c5c([B])c([B])c([B])c([B])c45)c([B])c3[B])c([B])c([B])c([B])c2c1[B]. The van der Waals surface area contributed by atoms with E-state index in [0.717, 1.165) is 0 Å². The normalized spacial score (nSPS) is 11.7. The lowest BCUT2D eigenvalue weighted by molar-refractivity contribution is 1.83. The summed E-state index contributed by atoms with van der Waals surface area (Å²) in [6.45, 7) is 0. The van der Waals surface area contributed by atoms with E-state index in [0.29, 0.717) is 0 Å². The molecule has 50 radical (unpaired) electrons. The summed E-state index contributed by atoms with van der Waals surface area (Å²) in [5, 5.41) is 0.609. The molecule has 25 heteroatoms. The first kappa shape index (κ1) is 47.9. The fourth-order valence-electron chi connectivity index (χ4n) is 9.11. The van der Waals surface area contributed by atoms with E-state index in [1.54, 1.807) is 0 Å². The van der Waals surface area contributed by atoms with Crippen molar-refractivity contribution in [1.82, 2.24) is 0 Å². The molecule has 0 aliphatic heterocycles. The summed E-state index contributed by atoms with van der Waals surface area (Å²) >= 11 is 0. The van der Waals surface area contributed by atoms with Crippen LogP contribution in [0.25, 0.3) is 76.5 Å². The third-order valence-electron chi connectivity index (χ3n) is 12.6. The van der Waals surface area contributed by atoms with Crippen LogP contribution in [-0.2, 0) is 0 Å². The van der Waals surface area contributed by atoms with Gasteiger partial charge in [-0.15, -0.1) is 43.7 Å². The van der Waals surface area contributed by atoms with Crippen molar-refractivity contribution in [2.45, 2.75) is 0 Å². The smallest absolute Gasteiger partial charge is 0.110 e. The highest BCUT2D eigenvalue weighted by Gasteiger charge is 2.30. The highest BCUT2D eigenvalue weighted by atomic mass is 14.3. The van der Waals surface area contributed by atoms with Gasteiger partial charge in [-0.05, 0) is 76.5 Å². The van der Waals surface area contributed by atoms with Crippen LogP contribution in [0.5, 0.6) is 0 Å².